The van der Waals surface area contributed by atoms with E-state index in [0.717, 1.165) is 29.2 Å². The van der Waals surface area contributed by atoms with Gasteiger partial charge < -0.3 is 10.5 Å². The molecule has 1 unspecified atom stereocenters. The topological polar surface area (TPSA) is 61.0 Å². The van der Waals surface area contributed by atoms with Gasteiger partial charge in [0.1, 0.15) is 6.10 Å². The Morgan fingerprint density at radius 3 is 2.13 bits per heavy atom. The summed E-state index contributed by atoms with van der Waals surface area (Å²) in [4.78, 5) is 8.86. The van der Waals surface area contributed by atoms with Gasteiger partial charge in [-0.1, -0.05) is 6.92 Å². The first-order valence-corrected chi connectivity index (χ1v) is 5.20. The van der Waals surface area contributed by atoms with E-state index >= 15 is 0 Å². The van der Waals surface area contributed by atoms with Crippen LogP contribution in [0.4, 0.5) is 0 Å². The lowest BCUT2D eigenvalue weighted by molar-refractivity contribution is 0.0922. The van der Waals surface area contributed by atoms with Crippen LogP contribution < -0.4 is 5.73 Å². The van der Waals surface area contributed by atoms with Crippen LogP contribution in [0.15, 0.2) is 0 Å². The van der Waals surface area contributed by atoms with Crippen molar-refractivity contribution >= 4 is 0 Å². The zero-order valence-corrected chi connectivity index (χ0v) is 9.87. The summed E-state index contributed by atoms with van der Waals surface area (Å²) in [5, 5.41) is 0. The summed E-state index contributed by atoms with van der Waals surface area (Å²) in [5.74, 6) is 0.757. The molecule has 4 nitrogen and oxygen atoms in total. The Morgan fingerprint density at radius 1 is 1.27 bits per heavy atom. The van der Waals surface area contributed by atoms with Crippen molar-refractivity contribution in [2.45, 2.75) is 39.8 Å². The van der Waals surface area contributed by atoms with Crippen LogP contribution in [-0.4, -0.2) is 17.1 Å². The van der Waals surface area contributed by atoms with Crippen molar-refractivity contribution in [1.29, 1.82) is 0 Å². The number of nitrogens with two attached hydrogens (primary N) is 1. The Labute approximate surface area is 90.9 Å². The zero-order chi connectivity index (χ0) is 11.4. The predicted octanol–water partition coefficient (Wildman–Crippen LogP) is 1.65. The molecule has 2 N–H and O–H groups in total. The molecule has 1 heterocycles. The van der Waals surface area contributed by atoms with E-state index in [2.05, 4.69) is 16.9 Å². The van der Waals surface area contributed by atoms with Crippen LogP contribution in [0.3, 0.4) is 0 Å². The molecule has 1 atom stereocenters. The van der Waals surface area contributed by atoms with E-state index in [0.29, 0.717) is 6.54 Å². The second kappa shape index (κ2) is 5.19. The summed E-state index contributed by atoms with van der Waals surface area (Å²) in [6.45, 7) is 6.46. The lowest BCUT2D eigenvalue weighted by Crippen LogP contribution is -2.12. The Bertz CT molecular complexity index is 312. The van der Waals surface area contributed by atoms with Gasteiger partial charge in [0.25, 0.3) is 0 Å². The van der Waals surface area contributed by atoms with E-state index in [4.69, 9.17) is 10.5 Å². The number of hydrogen-bond acceptors (Lipinski definition) is 4. The summed E-state index contributed by atoms with van der Waals surface area (Å²) >= 11 is 0. The maximum Gasteiger partial charge on any atom is 0.157 e. The Morgan fingerprint density at radius 2 is 1.80 bits per heavy atom. The van der Waals surface area contributed by atoms with Gasteiger partial charge >= 0.3 is 0 Å². The average molecular weight is 209 g/mol. The fourth-order valence-electron chi connectivity index (χ4n) is 1.66. The molecule has 15 heavy (non-hydrogen) atoms. The van der Waals surface area contributed by atoms with E-state index < -0.39 is 0 Å². The monoisotopic (exact) mass is 209 g/mol. The maximum absolute atomic E-state index is 5.63. The molecule has 0 aliphatic rings. The second-order valence-corrected chi connectivity index (χ2v) is 3.57. The van der Waals surface area contributed by atoms with Gasteiger partial charge in [-0.25, -0.2) is 9.97 Å². The summed E-state index contributed by atoms with van der Waals surface area (Å²) in [6.07, 6.45) is 0.853. The maximum atomic E-state index is 5.63. The first kappa shape index (κ1) is 12.1. The molecule has 4 heteroatoms. The van der Waals surface area contributed by atoms with Gasteiger partial charge in [-0.05, 0) is 20.3 Å². The van der Waals surface area contributed by atoms with Gasteiger partial charge in [0, 0.05) is 30.6 Å². The smallest absolute Gasteiger partial charge is 0.157 e. The quantitative estimate of drug-likeness (QED) is 0.819. The lowest BCUT2D eigenvalue weighted by Gasteiger charge is -2.14. The van der Waals surface area contributed by atoms with E-state index in [1.807, 2.05) is 13.8 Å². The van der Waals surface area contributed by atoms with Crippen LogP contribution in [0.5, 0.6) is 0 Å². The van der Waals surface area contributed by atoms with E-state index in [1.54, 1.807) is 7.11 Å². The molecular weight excluding hydrogens is 190 g/mol. The number of methoxy groups -OCH3 is 1. The number of nitrogens with zero attached hydrogens (tertiary/aromatic N) is 2. The second-order valence-electron chi connectivity index (χ2n) is 3.57. The fourth-order valence-corrected chi connectivity index (χ4v) is 1.66. The van der Waals surface area contributed by atoms with Crippen molar-refractivity contribution in [2.24, 2.45) is 5.73 Å². The van der Waals surface area contributed by atoms with Gasteiger partial charge in [-0.15, -0.1) is 0 Å². The molecule has 1 rings (SSSR count). The number of aryl methyl sites for hydroxylation is 2. The Kier molecular flexibility index (Phi) is 4.17. The van der Waals surface area contributed by atoms with Gasteiger partial charge in [-0.2, -0.15) is 0 Å². The van der Waals surface area contributed by atoms with Crippen LogP contribution in [0.2, 0.25) is 0 Å². The number of hydrogen-bond donors (Lipinski definition) is 1. The van der Waals surface area contributed by atoms with Crippen LogP contribution in [0, 0.1) is 13.8 Å². The minimum Gasteiger partial charge on any atom is -0.373 e. The number of aromatic nitrogens is 2. The highest BCUT2D eigenvalue weighted by molar-refractivity contribution is 5.24. The molecule has 0 fully saturated rings. The van der Waals surface area contributed by atoms with Gasteiger partial charge in [0.15, 0.2) is 5.82 Å². The van der Waals surface area contributed by atoms with Crippen molar-refractivity contribution < 1.29 is 4.74 Å². The third-order valence-electron chi connectivity index (χ3n) is 2.59. The highest BCUT2D eigenvalue weighted by Gasteiger charge is 2.14. The molecule has 84 valence electrons. The van der Waals surface area contributed by atoms with Crippen molar-refractivity contribution in [3.8, 4) is 0 Å². The van der Waals surface area contributed by atoms with Crippen molar-refractivity contribution in [3.05, 3.63) is 22.8 Å². The number of rotatable bonds is 4. The largest absolute Gasteiger partial charge is 0.373 e. The normalized spacial score (nSPS) is 12.9. The SMILES string of the molecule is CCC(OC)c1nc(C)c(CN)c(C)n1. The van der Waals surface area contributed by atoms with Gasteiger partial charge in [0.05, 0.1) is 0 Å². The third-order valence-corrected chi connectivity index (χ3v) is 2.59. The molecule has 0 amide bonds. The Balaban J connectivity index is 3.12. The molecular formula is C11H19N3O. The highest BCUT2D eigenvalue weighted by atomic mass is 16.5. The molecule has 0 saturated heterocycles. The zero-order valence-electron chi connectivity index (χ0n) is 9.87. The number of ether oxygens (including phenoxy) is 1. The molecule has 1 aromatic rings. The molecule has 0 saturated carbocycles. The Hall–Kier alpha value is -1.00. The van der Waals surface area contributed by atoms with E-state index in [1.165, 1.54) is 0 Å². The van der Waals surface area contributed by atoms with Crippen LogP contribution in [0.25, 0.3) is 0 Å². The third kappa shape index (κ3) is 2.52. The van der Waals surface area contributed by atoms with Crippen molar-refractivity contribution in [2.75, 3.05) is 7.11 Å². The van der Waals surface area contributed by atoms with Crippen LogP contribution in [0.1, 0.15) is 42.2 Å². The first-order valence-electron chi connectivity index (χ1n) is 5.20. The van der Waals surface area contributed by atoms with Crippen LogP contribution >= 0.6 is 0 Å². The molecule has 0 bridgehead atoms. The minimum atomic E-state index is -0.0192. The van der Waals surface area contributed by atoms with Crippen molar-refractivity contribution in [1.82, 2.24) is 9.97 Å². The molecule has 0 aliphatic heterocycles. The van der Waals surface area contributed by atoms with Crippen molar-refractivity contribution in [3.63, 3.8) is 0 Å². The minimum absolute atomic E-state index is 0.0192. The molecule has 0 aromatic carbocycles. The standard InChI is InChI=1S/C11H19N3O/c1-5-10(15-4)11-13-7(2)9(6-12)8(3)14-11/h10H,5-6,12H2,1-4H3. The predicted molar refractivity (Wildman–Crippen MR) is 59.4 cm³/mol. The molecule has 1 aromatic heterocycles. The van der Waals surface area contributed by atoms with Gasteiger partial charge in [-0.3, -0.25) is 0 Å². The molecule has 0 spiro atoms. The fraction of sp³-hybridized carbons (Fsp3) is 0.636. The molecule has 0 aliphatic carbocycles. The highest BCUT2D eigenvalue weighted by Crippen LogP contribution is 2.18. The summed E-state index contributed by atoms with van der Waals surface area (Å²) in [6, 6.07) is 0. The van der Waals surface area contributed by atoms with Gasteiger partial charge in [0.2, 0.25) is 0 Å². The van der Waals surface area contributed by atoms with E-state index in [-0.39, 0.29) is 6.10 Å². The lowest BCUT2D eigenvalue weighted by atomic mass is 10.1. The first-order chi connectivity index (χ1) is 7.13. The summed E-state index contributed by atoms with van der Waals surface area (Å²) in [7, 11) is 1.68. The van der Waals surface area contributed by atoms with E-state index in [9.17, 15) is 0 Å². The molecule has 0 radical (unpaired) electrons. The summed E-state index contributed by atoms with van der Waals surface area (Å²) in [5.41, 5.74) is 8.57. The van der Waals surface area contributed by atoms with Crippen LogP contribution in [-0.2, 0) is 11.3 Å². The summed E-state index contributed by atoms with van der Waals surface area (Å²) < 4.78 is 5.31. The average Bonchev–Trinajstić information content (AvgIpc) is 2.19.